The number of pyridine rings is 1. The molecule has 0 spiro atoms. The molecule has 0 saturated carbocycles. The smallest absolute Gasteiger partial charge is 0.274 e. The fraction of sp³-hybridized carbons (Fsp3) is 0.0526. The molecule has 3 rings (SSSR count). The topological polar surface area (TPSA) is 63.2 Å². The van der Waals surface area contributed by atoms with Crippen LogP contribution in [-0.4, -0.2) is 18.0 Å². The van der Waals surface area contributed by atoms with Crippen molar-refractivity contribution in [2.24, 2.45) is 0 Å². The fourth-order valence-corrected chi connectivity index (χ4v) is 2.23. The number of rotatable bonds is 5. The SMILES string of the molecule is COc1cccc(Nc2ccnc(C(=O)Nc3ccc(F)cc3)c2)c1. The zero-order chi connectivity index (χ0) is 17.6. The zero-order valence-electron chi connectivity index (χ0n) is 13.5. The number of aromatic nitrogens is 1. The van der Waals surface area contributed by atoms with Gasteiger partial charge in [0.25, 0.3) is 5.91 Å². The van der Waals surface area contributed by atoms with Crippen molar-refractivity contribution in [1.82, 2.24) is 4.98 Å². The Kier molecular flexibility index (Phi) is 4.89. The Morgan fingerprint density at radius 1 is 1.00 bits per heavy atom. The standard InChI is InChI=1S/C19H16FN3O2/c1-25-17-4-2-3-15(11-17)22-16-9-10-21-18(12-16)19(24)23-14-7-5-13(20)6-8-14/h2-12H,1H3,(H,21,22)(H,23,24). The molecule has 1 amide bonds. The summed E-state index contributed by atoms with van der Waals surface area (Å²) in [6.07, 6.45) is 1.54. The van der Waals surface area contributed by atoms with E-state index in [4.69, 9.17) is 4.74 Å². The van der Waals surface area contributed by atoms with Crippen LogP contribution >= 0.6 is 0 Å². The highest BCUT2D eigenvalue weighted by Gasteiger charge is 2.09. The molecule has 0 unspecified atom stereocenters. The molecule has 6 heteroatoms. The molecular formula is C19H16FN3O2. The van der Waals surface area contributed by atoms with Crippen molar-refractivity contribution in [3.8, 4) is 5.75 Å². The summed E-state index contributed by atoms with van der Waals surface area (Å²) >= 11 is 0. The van der Waals surface area contributed by atoms with Crippen LogP contribution in [0, 0.1) is 5.82 Å². The molecular weight excluding hydrogens is 321 g/mol. The van der Waals surface area contributed by atoms with E-state index in [1.54, 1.807) is 25.4 Å². The van der Waals surface area contributed by atoms with Crippen molar-refractivity contribution >= 4 is 23.0 Å². The molecule has 2 N–H and O–H groups in total. The summed E-state index contributed by atoms with van der Waals surface area (Å²) in [5.74, 6) is -0.00477. The van der Waals surface area contributed by atoms with Crippen LogP contribution in [-0.2, 0) is 0 Å². The first-order chi connectivity index (χ1) is 12.1. The fourth-order valence-electron chi connectivity index (χ4n) is 2.23. The van der Waals surface area contributed by atoms with Crippen LogP contribution in [0.3, 0.4) is 0 Å². The van der Waals surface area contributed by atoms with E-state index in [1.807, 2.05) is 24.3 Å². The van der Waals surface area contributed by atoms with Gasteiger partial charge in [0, 0.05) is 29.3 Å². The number of hydrogen-bond donors (Lipinski definition) is 2. The van der Waals surface area contributed by atoms with Gasteiger partial charge in [-0.2, -0.15) is 0 Å². The van der Waals surface area contributed by atoms with Crippen LogP contribution in [0.25, 0.3) is 0 Å². The van der Waals surface area contributed by atoms with Crippen LogP contribution < -0.4 is 15.4 Å². The molecule has 0 bridgehead atoms. The summed E-state index contributed by atoms with van der Waals surface area (Å²) < 4.78 is 18.1. The van der Waals surface area contributed by atoms with Crippen LogP contribution in [0.1, 0.15) is 10.5 Å². The Morgan fingerprint density at radius 2 is 1.76 bits per heavy atom. The highest BCUT2D eigenvalue weighted by atomic mass is 19.1. The molecule has 0 atom stereocenters. The molecule has 0 saturated heterocycles. The van der Waals surface area contributed by atoms with Gasteiger partial charge in [0.05, 0.1) is 7.11 Å². The molecule has 1 heterocycles. The Morgan fingerprint density at radius 3 is 2.52 bits per heavy atom. The summed E-state index contributed by atoms with van der Waals surface area (Å²) in [6.45, 7) is 0. The van der Waals surface area contributed by atoms with Crippen molar-refractivity contribution in [2.45, 2.75) is 0 Å². The van der Waals surface area contributed by atoms with Gasteiger partial charge in [-0.3, -0.25) is 9.78 Å². The summed E-state index contributed by atoms with van der Waals surface area (Å²) in [4.78, 5) is 16.4. The Bertz CT molecular complexity index is 882. The minimum Gasteiger partial charge on any atom is -0.497 e. The van der Waals surface area contributed by atoms with Gasteiger partial charge < -0.3 is 15.4 Å². The van der Waals surface area contributed by atoms with Crippen molar-refractivity contribution < 1.29 is 13.9 Å². The average Bonchev–Trinajstić information content (AvgIpc) is 2.64. The van der Waals surface area contributed by atoms with Gasteiger partial charge in [0.15, 0.2) is 0 Å². The number of nitrogens with one attached hydrogen (secondary N) is 2. The lowest BCUT2D eigenvalue weighted by Gasteiger charge is -2.09. The predicted molar refractivity (Wildman–Crippen MR) is 94.9 cm³/mol. The van der Waals surface area contributed by atoms with E-state index < -0.39 is 0 Å². The second kappa shape index (κ2) is 7.44. The third-order valence-corrected chi connectivity index (χ3v) is 3.45. The number of ether oxygens (including phenoxy) is 1. The number of methoxy groups -OCH3 is 1. The number of carbonyl (C=O) groups excluding carboxylic acids is 1. The predicted octanol–water partition coefficient (Wildman–Crippen LogP) is 4.23. The van der Waals surface area contributed by atoms with Gasteiger partial charge in [-0.05, 0) is 48.5 Å². The van der Waals surface area contributed by atoms with Gasteiger partial charge in [-0.1, -0.05) is 6.07 Å². The molecule has 1 aromatic heterocycles. The molecule has 3 aromatic rings. The van der Waals surface area contributed by atoms with Gasteiger partial charge in [0.1, 0.15) is 17.3 Å². The second-order valence-corrected chi connectivity index (χ2v) is 5.25. The summed E-state index contributed by atoms with van der Waals surface area (Å²) in [7, 11) is 1.60. The minimum absolute atomic E-state index is 0.247. The van der Waals surface area contributed by atoms with Crippen LogP contribution in [0.4, 0.5) is 21.5 Å². The van der Waals surface area contributed by atoms with Crippen molar-refractivity contribution in [2.75, 3.05) is 17.7 Å². The van der Waals surface area contributed by atoms with Gasteiger partial charge in [-0.15, -0.1) is 0 Å². The third kappa shape index (κ3) is 4.32. The molecule has 0 aliphatic heterocycles. The molecule has 2 aromatic carbocycles. The number of carbonyl (C=O) groups is 1. The highest BCUT2D eigenvalue weighted by Crippen LogP contribution is 2.21. The van der Waals surface area contributed by atoms with Crippen molar-refractivity contribution in [3.05, 3.63) is 78.4 Å². The van der Waals surface area contributed by atoms with Crippen LogP contribution in [0.2, 0.25) is 0 Å². The van der Waals surface area contributed by atoms with E-state index in [2.05, 4.69) is 15.6 Å². The van der Waals surface area contributed by atoms with E-state index in [0.717, 1.165) is 11.4 Å². The second-order valence-electron chi connectivity index (χ2n) is 5.25. The lowest BCUT2D eigenvalue weighted by molar-refractivity contribution is 0.102. The average molecular weight is 337 g/mol. The van der Waals surface area contributed by atoms with E-state index in [9.17, 15) is 9.18 Å². The Hall–Kier alpha value is -3.41. The number of nitrogens with zero attached hydrogens (tertiary/aromatic N) is 1. The first-order valence-corrected chi connectivity index (χ1v) is 7.58. The maximum Gasteiger partial charge on any atom is 0.274 e. The van der Waals surface area contributed by atoms with E-state index >= 15 is 0 Å². The number of hydrogen-bond acceptors (Lipinski definition) is 4. The lowest BCUT2D eigenvalue weighted by atomic mass is 10.2. The Labute approximate surface area is 144 Å². The normalized spacial score (nSPS) is 10.2. The summed E-state index contributed by atoms with van der Waals surface area (Å²) in [5, 5.41) is 5.87. The zero-order valence-corrected chi connectivity index (χ0v) is 13.5. The Balaban J connectivity index is 1.74. The number of anilines is 3. The molecule has 0 fully saturated rings. The van der Waals surface area contributed by atoms with Crippen LogP contribution in [0.15, 0.2) is 66.9 Å². The van der Waals surface area contributed by atoms with E-state index in [0.29, 0.717) is 11.4 Å². The maximum absolute atomic E-state index is 12.9. The largest absolute Gasteiger partial charge is 0.497 e. The molecule has 0 aliphatic rings. The lowest BCUT2D eigenvalue weighted by Crippen LogP contribution is -2.13. The van der Waals surface area contributed by atoms with Crippen LogP contribution in [0.5, 0.6) is 5.75 Å². The van der Waals surface area contributed by atoms with E-state index in [1.165, 1.54) is 24.3 Å². The summed E-state index contributed by atoms with van der Waals surface area (Å²) in [5.41, 5.74) is 2.29. The van der Waals surface area contributed by atoms with Crippen molar-refractivity contribution in [3.63, 3.8) is 0 Å². The maximum atomic E-state index is 12.9. The minimum atomic E-state index is -0.374. The third-order valence-electron chi connectivity index (χ3n) is 3.45. The first kappa shape index (κ1) is 16.4. The van der Waals surface area contributed by atoms with Gasteiger partial charge in [0.2, 0.25) is 0 Å². The first-order valence-electron chi connectivity index (χ1n) is 7.58. The quantitative estimate of drug-likeness (QED) is 0.731. The van der Waals surface area contributed by atoms with Gasteiger partial charge in [-0.25, -0.2) is 4.39 Å². The molecule has 126 valence electrons. The molecule has 0 radical (unpaired) electrons. The molecule has 25 heavy (non-hydrogen) atoms. The van der Waals surface area contributed by atoms with Crippen molar-refractivity contribution in [1.29, 1.82) is 0 Å². The monoisotopic (exact) mass is 337 g/mol. The number of benzene rings is 2. The van der Waals surface area contributed by atoms with Gasteiger partial charge >= 0.3 is 0 Å². The molecule has 0 aliphatic carbocycles. The number of amides is 1. The highest BCUT2D eigenvalue weighted by molar-refractivity contribution is 6.03. The van der Waals surface area contributed by atoms with E-state index in [-0.39, 0.29) is 17.4 Å². The summed E-state index contributed by atoms with van der Waals surface area (Å²) in [6, 6.07) is 16.4. The number of halogens is 1. The molecule has 5 nitrogen and oxygen atoms in total.